The summed E-state index contributed by atoms with van der Waals surface area (Å²) in [6.07, 6.45) is 4.65. The van der Waals surface area contributed by atoms with Gasteiger partial charge >= 0.3 is 0 Å². The largest absolute Gasteiger partial charge is 0.490 e. The summed E-state index contributed by atoms with van der Waals surface area (Å²) in [5.74, 6) is 1.56. The zero-order valence-corrected chi connectivity index (χ0v) is 12.9. The van der Waals surface area contributed by atoms with Crippen molar-refractivity contribution in [1.82, 2.24) is 4.98 Å². The third-order valence-electron chi connectivity index (χ3n) is 3.97. The summed E-state index contributed by atoms with van der Waals surface area (Å²) >= 11 is 9.51. The fraction of sp³-hybridized carbons (Fsp3) is 0.643. The lowest BCUT2D eigenvalue weighted by molar-refractivity contribution is -0.0323. The maximum absolute atomic E-state index is 11.5. The number of nitrogens with zero attached hydrogens (tertiary/aromatic N) is 1. The third kappa shape index (κ3) is 3.23. The van der Waals surface area contributed by atoms with Gasteiger partial charge in [-0.1, -0.05) is 11.6 Å². The average molecular weight is 346 g/mol. The van der Waals surface area contributed by atoms with Crippen molar-refractivity contribution in [3.05, 3.63) is 21.4 Å². The summed E-state index contributed by atoms with van der Waals surface area (Å²) in [5.41, 5.74) is 1.03. The SMILES string of the molecule is [O]C1CCC1Cc1cc(OCC2CC2)c(Cl)nc1Br. The van der Waals surface area contributed by atoms with Crippen LogP contribution in [0.1, 0.15) is 31.2 Å². The number of ether oxygens (including phenoxy) is 1. The number of hydrogen-bond acceptors (Lipinski definition) is 2. The zero-order valence-electron chi connectivity index (χ0n) is 10.6. The number of hydrogen-bond donors (Lipinski definition) is 0. The fourth-order valence-corrected chi connectivity index (χ4v) is 3.03. The van der Waals surface area contributed by atoms with Gasteiger partial charge in [-0.25, -0.2) is 10.1 Å². The molecule has 0 bridgehead atoms. The van der Waals surface area contributed by atoms with Crippen molar-refractivity contribution in [2.75, 3.05) is 6.61 Å². The Kier molecular flexibility index (Phi) is 4.01. The van der Waals surface area contributed by atoms with Gasteiger partial charge in [0.2, 0.25) is 0 Å². The van der Waals surface area contributed by atoms with Gasteiger partial charge in [0, 0.05) is 0 Å². The molecule has 5 heteroatoms. The first kappa shape index (κ1) is 13.7. The smallest absolute Gasteiger partial charge is 0.172 e. The Hall–Kier alpha value is -0.320. The highest BCUT2D eigenvalue weighted by atomic mass is 79.9. The quantitative estimate of drug-likeness (QED) is 0.756. The van der Waals surface area contributed by atoms with Gasteiger partial charge in [0.15, 0.2) is 10.9 Å². The van der Waals surface area contributed by atoms with E-state index in [2.05, 4.69) is 20.9 Å². The van der Waals surface area contributed by atoms with E-state index in [4.69, 9.17) is 16.3 Å². The van der Waals surface area contributed by atoms with E-state index >= 15 is 0 Å². The second kappa shape index (κ2) is 5.58. The summed E-state index contributed by atoms with van der Waals surface area (Å²) in [5, 5.41) is 11.9. The molecule has 1 heterocycles. The van der Waals surface area contributed by atoms with Gasteiger partial charge in [-0.3, -0.25) is 0 Å². The summed E-state index contributed by atoms with van der Waals surface area (Å²) in [7, 11) is 0. The van der Waals surface area contributed by atoms with Gasteiger partial charge in [-0.05, 0) is 71.5 Å². The normalized spacial score (nSPS) is 26.1. The van der Waals surface area contributed by atoms with Crippen LogP contribution >= 0.6 is 27.5 Å². The van der Waals surface area contributed by atoms with Gasteiger partial charge < -0.3 is 4.74 Å². The Morgan fingerprint density at radius 2 is 2.16 bits per heavy atom. The first-order valence-electron chi connectivity index (χ1n) is 6.77. The Morgan fingerprint density at radius 1 is 1.37 bits per heavy atom. The molecule has 0 aliphatic heterocycles. The second-order valence-corrected chi connectivity index (χ2v) is 6.67. The van der Waals surface area contributed by atoms with Gasteiger partial charge in [0.05, 0.1) is 12.7 Å². The molecule has 103 valence electrons. The Labute approximate surface area is 126 Å². The highest BCUT2D eigenvalue weighted by Crippen LogP contribution is 2.36. The molecule has 2 aliphatic rings. The summed E-state index contributed by atoms with van der Waals surface area (Å²) < 4.78 is 6.45. The molecule has 2 atom stereocenters. The molecule has 3 nitrogen and oxygen atoms in total. The fourth-order valence-electron chi connectivity index (χ4n) is 2.28. The van der Waals surface area contributed by atoms with Gasteiger partial charge in [0.1, 0.15) is 4.60 Å². The lowest BCUT2D eigenvalue weighted by Gasteiger charge is -2.30. The highest BCUT2D eigenvalue weighted by molar-refractivity contribution is 9.10. The summed E-state index contributed by atoms with van der Waals surface area (Å²) in [6.45, 7) is 0.718. The number of pyridine rings is 1. The molecule has 19 heavy (non-hydrogen) atoms. The highest BCUT2D eigenvalue weighted by Gasteiger charge is 2.31. The maximum Gasteiger partial charge on any atom is 0.172 e. The first-order valence-corrected chi connectivity index (χ1v) is 7.94. The van der Waals surface area contributed by atoms with Gasteiger partial charge in [0.25, 0.3) is 0 Å². The van der Waals surface area contributed by atoms with Gasteiger partial charge in [-0.15, -0.1) is 0 Å². The molecule has 2 saturated carbocycles. The molecule has 2 unspecified atom stereocenters. The minimum atomic E-state index is -0.418. The lowest BCUT2D eigenvalue weighted by Crippen LogP contribution is -2.31. The molecule has 1 radical (unpaired) electrons. The molecule has 3 rings (SSSR count). The molecule has 0 spiro atoms. The van der Waals surface area contributed by atoms with E-state index in [9.17, 15) is 5.11 Å². The van der Waals surface area contributed by atoms with Crippen LogP contribution < -0.4 is 4.74 Å². The van der Waals surface area contributed by atoms with E-state index in [1.54, 1.807) is 0 Å². The minimum Gasteiger partial charge on any atom is -0.490 e. The molecule has 0 saturated heterocycles. The molecule has 1 aromatic heterocycles. The molecule has 2 fully saturated rings. The topological polar surface area (TPSA) is 42.0 Å². The van der Waals surface area contributed by atoms with Crippen molar-refractivity contribution in [2.45, 2.75) is 38.2 Å². The van der Waals surface area contributed by atoms with Crippen LogP contribution in [0.4, 0.5) is 0 Å². The number of rotatable bonds is 5. The molecule has 2 aliphatic carbocycles. The number of halogens is 2. The van der Waals surface area contributed by atoms with E-state index in [-0.39, 0.29) is 5.92 Å². The van der Waals surface area contributed by atoms with E-state index in [0.717, 1.165) is 36.0 Å². The average Bonchev–Trinajstić information content (AvgIpc) is 3.18. The minimum absolute atomic E-state index is 0.232. The predicted molar refractivity (Wildman–Crippen MR) is 76.1 cm³/mol. The van der Waals surface area contributed by atoms with Crippen LogP contribution in [0, 0.1) is 11.8 Å². The Morgan fingerprint density at radius 3 is 2.74 bits per heavy atom. The third-order valence-corrected chi connectivity index (χ3v) is 4.93. The van der Waals surface area contributed by atoms with Crippen LogP contribution in [0.3, 0.4) is 0 Å². The van der Waals surface area contributed by atoms with Crippen LogP contribution in [-0.4, -0.2) is 17.7 Å². The second-order valence-electron chi connectivity index (χ2n) is 5.56. The van der Waals surface area contributed by atoms with E-state index in [0.29, 0.717) is 16.8 Å². The predicted octanol–water partition coefficient (Wildman–Crippen LogP) is 4.04. The van der Waals surface area contributed by atoms with Gasteiger partial charge in [-0.2, -0.15) is 0 Å². The van der Waals surface area contributed by atoms with Crippen LogP contribution in [0.2, 0.25) is 5.15 Å². The van der Waals surface area contributed by atoms with Crippen LogP contribution in [-0.2, 0) is 11.5 Å². The molecule has 0 amide bonds. The van der Waals surface area contributed by atoms with Crippen molar-refractivity contribution < 1.29 is 9.84 Å². The lowest BCUT2D eigenvalue weighted by atomic mass is 9.78. The molecule has 0 aromatic carbocycles. The van der Waals surface area contributed by atoms with Crippen LogP contribution in [0.15, 0.2) is 10.7 Å². The Balaban J connectivity index is 1.71. The van der Waals surface area contributed by atoms with Crippen molar-refractivity contribution in [3.8, 4) is 5.75 Å². The van der Waals surface area contributed by atoms with E-state index in [1.165, 1.54) is 12.8 Å². The molecule has 0 N–H and O–H groups in total. The molecule has 1 aromatic rings. The standard InChI is InChI=1S/C14H16BrClNO2/c15-13-10(5-9-3-4-11(9)18)6-12(14(16)17-13)19-7-8-1-2-8/h6,8-9,11H,1-5,7H2. The monoisotopic (exact) mass is 344 g/mol. The zero-order chi connectivity index (χ0) is 13.4. The first-order chi connectivity index (χ1) is 9.13. The molecular weight excluding hydrogens is 330 g/mol. The number of aromatic nitrogens is 1. The van der Waals surface area contributed by atoms with Crippen molar-refractivity contribution in [3.63, 3.8) is 0 Å². The summed E-state index contributed by atoms with van der Waals surface area (Å²) in [6, 6.07) is 1.94. The van der Waals surface area contributed by atoms with Crippen molar-refractivity contribution >= 4 is 27.5 Å². The van der Waals surface area contributed by atoms with E-state index in [1.807, 2.05) is 6.07 Å². The Bertz CT molecular complexity index is 479. The summed E-state index contributed by atoms with van der Waals surface area (Å²) in [4.78, 5) is 4.26. The van der Waals surface area contributed by atoms with Crippen LogP contribution in [0.5, 0.6) is 5.75 Å². The molecular formula is C14H16BrClNO2. The van der Waals surface area contributed by atoms with Crippen LogP contribution in [0.25, 0.3) is 0 Å². The maximum atomic E-state index is 11.5. The van der Waals surface area contributed by atoms with Crippen molar-refractivity contribution in [1.29, 1.82) is 0 Å². The van der Waals surface area contributed by atoms with E-state index < -0.39 is 6.10 Å². The van der Waals surface area contributed by atoms with Crippen molar-refractivity contribution in [2.24, 2.45) is 11.8 Å².